The average molecular weight is 322 g/mol. The largest absolute Gasteiger partial charge is 0.497 e. The highest BCUT2D eigenvalue weighted by Gasteiger charge is 2.08. The van der Waals surface area contributed by atoms with E-state index in [9.17, 15) is 4.79 Å². The Morgan fingerprint density at radius 1 is 1.21 bits per heavy atom. The number of nitrogens with one attached hydrogen (secondary N) is 1. The molecule has 1 N–H and O–H groups in total. The molecule has 0 spiro atoms. The standard InChI is InChI=1S/C18H18N4O2/c1-24-16-8-11-19-17(13-16)18(23)20-10-7-14-9-12-22(21-14)15-5-3-2-4-6-15/h2-6,8-9,11-13H,7,10H2,1H3,(H,20,23). The van der Waals surface area contributed by atoms with Crippen LogP contribution in [0.4, 0.5) is 0 Å². The third-order valence-corrected chi connectivity index (χ3v) is 3.53. The summed E-state index contributed by atoms with van der Waals surface area (Å²) in [7, 11) is 1.56. The second-order valence-corrected chi connectivity index (χ2v) is 5.17. The molecule has 0 saturated carbocycles. The lowest BCUT2D eigenvalue weighted by Gasteiger charge is -2.05. The molecule has 0 fully saturated rings. The van der Waals surface area contributed by atoms with E-state index in [4.69, 9.17) is 4.74 Å². The molecule has 6 heteroatoms. The Balaban J connectivity index is 1.55. The number of aromatic nitrogens is 3. The Labute approximate surface area is 140 Å². The highest BCUT2D eigenvalue weighted by atomic mass is 16.5. The first-order valence-corrected chi connectivity index (χ1v) is 7.64. The molecule has 0 saturated heterocycles. The van der Waals surface area contributed by atoms with E-state index >= 15 is 0 Å². The summed E-state index contributed by atoms with van der Waals surface area (Å²) in [5.41, 5.74) is 2.26. The van der Waals surface area contributed by atoms with Crippen LogP contribution in [0, 0.1) is 0 Å². The van der Waals surface area contributed by atoms with E-state index < -0.39 is 0 Å². The van der Waals surface area contributed by atoms with Crippen LogP contribution in [0.25, 0.3) is 5.69 Å². The molecule has 6 nitrogen and oxygen atoms in total. The summed E-state index contributed by atoms with van der Waals surface area (Å²) >= 11 is 0. The van der Waals surface area contributed by atoms with Crippen LogP contribution in [0.1, 0.15) is 16.2 Å². The Morgan fingerprint density at radius 2 is 2.04 bits per heavy atom. The van der Waals surface area contributed by atoms with Gasteiger partial charge in [-0.3, -0.25) is 9.78 Å². The van der Waals surface area contributed by atoms with Gasteiger partial charge in [-0.05, 0) is 24.3 Å². The van der Waals surface area contributed by atoms with E-state index in [1.165, 1.54) is 0 Å². The lowest BCUT2D eigenvalue weighted by atomic mass is 10.3. The number of ether oxygens (including phenoxy) is 1. The van der Waals surface area contributed by atoms with Crippen molar-refractivity contribution in [2.75, 3.05) is 13.7 Å². The van der Waals surface area contributed by atoms with Crippen LogP contribution in [0.2, 0.25) is 0 Å². The van der Waals surface area contributed by atoms with E-state index in [1.54, 1.807) is 25.4 Å². The Bertz CT molecular complexity index is 815. The van der Waals surface area contributed by atoms with Gasteiger partial charge in [0.15, 0.2) is 0 Å². The lowest BCUT2D eigenvalue weighted by molar-refractivity contribution is 0.0948. The van der Waals surface area contributed by atoms with Gasteiger partial charge in [-0.2, -0.15) is 5.10 Å². The summed E-state index contributed by atoms with van der Waals surface area (Å²) < 4.78 is 6.91. The molecule has 0 aliphatic heterocycles. The molecule has 2 aromatic heterocycles. The maximum atomic E-state index is 12.1. The number of hydrogen-bond acceptors (Lipinski definition) is 4. The zero-order chi connectivity index (χ0) is 16.8. The van der Waals surface area contributed by atoms with Crippen molar-refractivity contribution >= 4 is 5.91 Å². The summed E-state index contributed by atoms with van der Waals surface area (Å²) in [5, 5.41) is 7.35. The fourth-order valence-corrected chi connectivity index (χ4v) is 2.28. The fourth-order valence-electron chi connectivity index (χ4n) is 2.28. The number of methoxy groups -OCH3 is 1. The number of hydrogen-bond donors (Lipinski definition) is 1. The van der Waals surface area contributed by atoms with Gasteiger partial charge >= 0.3 is 0 Å². The second-order valence-electron chi connectivity index (χ2n) is 5.17. The van der Waals surface area contributed by atoms with Crippen molar-refractivity contribution in [2.24, 2.45) is 0 Å². The normalized spacial score (nSPS) is 10.4. The van der Waals surface area contributed by atoms with Gasteiger partial charge < -0.3 is 10.1 Å². The summed E-state index contributed by atoms with van der Waals surface area (Å²) in [5.74, 6) is 0.383. The minimum absolute atomic E-state index is 0.226. The van der Waals surface area contributed by atoms with E-state index in [0.717, 1.165) is 11.4 Å². The highest BCUT2D eigenvalue weighted by molar-refractivity contribution is 5.92. The van der Waals surface area contributed by atoms with Crippen LogP contribution in [0.15, 0.2) is 60.9 Å². The molecule has 0 bridgehead atoms. The Hall–Kier alpha value is -3.15. The molecule has 0 aliphatic carbocycles. The molecule has 2 heterocycles. The monoisotopic (exact) mass is 322 g/mol. The number of carbonyl (C=O) groups excluding carboxylic acids is 1. The van der Waals surface area contributed by atoms with Crippen LogP contribution < -0.4 is 10.1 Å². The van der Waals surface area contributed by atoms with Crippen molar-refractivity contribution in [2.45, 2.75) is 6.42 Å². The van der Waals surface area contributed by atoms with Crippen LogP contribution in [0.5, 0.6) is 5.75 Å². The molecular weight excluding hydrogens is 304 g/mol. The van der Waals surface area contributed by atoms with Crippen LogP contribution in [-0.2, 0) is 6.42 Å². The molecule has 1 amide bonds. The number of benzene rings is 1. The van der Waals surface area contributed by atoms with Crippen molar-refractivity contribution in [3.8, 4) is 11.4 Å². The molecular formula is C18H18N4O2. The molecule has 3 aromatic rings. The maximum absolute atomic E-state index is 12.1. The molecule has 0 unspecified atom stereocenters. The van der Waals surface area contributed by atoms with Crippen LogP contribution in [0.3, 0.4) is 0 Å². The Kier molecular flexibility index (Phi) is 4.86. The molecule has 122 valence electrons. The van der Waals surface area contributed by atoms with Crippen molar-refractivity contribution in [3.63, 3.8) is 0 Å². The quantitative estimate of drug-likeness (QED) is 0.756. The number of para-hydroxylation sites is 1. The molecule has 0 radical (unpaired) electrons. The average Bonchev–Trinajstić information content (AvgIpc) is 3.11. The fraction of sp³-hybridized carbons (Fsp3) is 0.167. The van der Waals surface area contributed by atoms with Crippen LogP contribution in [-0.4, -0.2) is 34.3 Å². The van der Waals surface area contributed by atoms with Gasteiger partial charge in [-0.25, -0.2) is 4.68 Å². The first-order chi connectivity index (χ1) is 11.8. The molecule has 0 atom stereocenters. The minimum atomic E-state index is -0.226. The van der Waals surface area contributed by atoms with Crippen molar-refractivity contribution in [1.29, 1.82) is 0 Å². The lowest BCUT2D eigenvalue weighted by Crippen LogP contribution is -2.26. The molecule has 24 heavy (non-hydrogen) atoms. The predicted octanol–water partition coefficient (Wildman–Crippen LogP) is 2.25. The van der Waals surface area contributed by atoms with E-state index in [0.29, 0.717) is 24.4 Å². The summed E-state index contributed by atoms with van der Waals surface area (Å²) in [4.78, 5) is 16.1. The smallest absolute Gasteiger partial charge is 0.270 e. The topological polar surface area (TPSA) is 69.0 Å². The van der Waals surface area contributed by atoms with Gasteiger partial charge in [0, 0.05) is 31.4 Å². The summed E-state index contributed by atoms with van der Waals surface area (Å²) in [6.45, 7) is 0.490. The number of amides is 1. The van der Waals surface area contributed by atoms with Gasteiger partial charge in [0.05, 0.1) is 18.5 Å². The van der Waals surface area contributed by atoms with E-state index in [2.05, 4.69) is 15.4 Å². The maximum Gasteiger partial charge on any atom is 0.270 e. The van der Waals surface area contributed by atoms with Gasteiger partial charge in [-0.15, -0.1) is 0 Å². The van der Waals surface area contributed by atoms with Crippen molar-refractivity contribution in [3.05, 3.63) is 72.3 Å². The van der Waals surface area contributed by atoms with Gasteiger partial charge in [0.25, 0.3) is 5.91 Å². The number of carbonyl (C=O) groups is 1. The summed E-state index contributed by atoms with van der Waals surface area (Å²) in [6.07, 6.45) is 4.11. The molecule has 3 rings (SSSR count). The van der Waals surface area contributed by atoms with E-state index in [-0.39, 0.29) is 5.91 Å². The van der Waals surface area contributed by atoms with Crippen molar-refractivity contribution < 1.29 is 9.53 Å². The third kappa shape index (κ3) is 3.78. The first kappa shape index (κ1) is 15.7. The zero-order valence-corrected chi connectivity index (χ0v) is 13.3. The van der Waals surface area contributed by atoms with Crippen LogP contribution >= 0.6 is 0 Å². The second kappa shape index (κ2) is 7.41. The Morgan fingerprint density at radius 3 is 2.83 bits per heavy atom. The minimum Gasteiger partial charge on any atom is -0.497 e. The highest BCUT2D eigenvalue weighted by Crippen LogP contribution is 2.10. The summed E-state index contributed by atoms with van der Waals surface area (Å²) in [6, 6.07) is 15.2. The zero-order valence-electron chi connectivity index (χ0n) is 13.3. The first-order valence-electron chi connectivity index (χ1n) is 7.64. The number of rotatable bonds is 6. The van der Waals surface area contributed by atoms with Gasteiger partial charge in [-0.1, -0.05) is 18.2 Å². The number of nitrogens with zero attached hydrogens (tertiary/aromatic N) is 3. The van der Waals surface area contributed by atoms with Gasteiger partial charge in [0.1, 0.15) is 11.4 Å². The van der Waals surface area contributed by atoms with Gasteiger partial charge in [0.2, 0.25) is 0 Å². The SMILES string of the molecule is COc1ccnc(C(=O)NCCc2ccn(-c3ccccc3)n2)c1. The predicted molar refractivity (Wildman–Crippen MR) is 90.4 cm³/mol. The van der Waals surface area contributed by atoms with Crippen molar-refractivity contribution in [1.82, 2.24) is 20.1 Å². The molecule has 1 aromatic carbocycles. The molecule has 0 aliphatic rings. The number of pyridine rings is 1. The third-order valence-electron chi connectivity index (χ3n) is 3.53. The van der Waals surface area contributed by atoms with E-state index in [1.807, 2.05) is 47.3 Å².